The van der Waals surface area contributed by atoms with Crippen molar-refractivity contribution < 1.29 is 14.3 Å². The van der Waals surface area contributed by atoms with Crippen LogP contribution in [0.3, 0.4) is 0 Å². The molecule has 7 heteroatoms. The summed E-state index contributed by atoms with van der Waals surface area (Å²) in [7, 11) is 1.63. The molecule has 0 spiro atoms. The van der Waals surface area contributed by atoms with Crippen LogP contribution in [0.2, 0.25) is 0 Å². The highest BCUT2D eigenvalue weighted by molar-refractivity contribution is 5.79. The summed E-state index contributed by atoms with van der Waals surface area (Å²) in [4.78, 5) is 34.1. The first-order valence-electron chi connectivity index (χ1n) is 9.05. The van der Waals surface area contributed by atoms with Gasteiger partial charge in [0.1, 0.15) is 12.1 Å². The van der Waals surface area contributed by atoms with Gasteiger partial charge in [-0.3, -0.25) is 9.59 Å². The van der Waals surface area contributed by atoms with Gasteiger partial charge in [-0.1, -0.05) is 0 Å². The van der Waals surface area contributed by atoms with E-state index in [2.05, 4.69) is 15.3 Å². The molecule has 0 radical (unpaired) electrons. The van der Waals surface area contributed by atoms with Gasteiger partial charge in [-0.05, 0) is 43.2 Å². The van der Waals surface area contributed by atoms with Crippen LogP contribution < -0.4 is 10.1 Å². The monoisotopic (exact) mass is 368 g/mol. The highest BCUT2D eigenvalue weighted by atomic mass is 16.5. The Kier molecular flexibility index (Phi) is 6.01. The number of piperidine rings is 1. The minimum atomic E-state index is -0.0523. The normalized spacial score (nSPS) is 14.7. The average molecular weight is 368 g/mol. The minimum Gasteiger partial charge on any atom is -0.497 e. The van der Waals surface area contributed by atoms with Gasteiger partial charge in [0, 0.05) is 31.5 Å². The molecule has 1 aromatic heterocycles. The quantitative estimate of drug-likeness (QED) is 0.873. The van der Waals surface area contributed by atoms with Gasteiger partial charge in [-0.15, -0.1) is 0 Å². The molecule has 27 heavy (non-hydrogen) atoms. The van der Waals surface area contributed by atoms with E-state index in [1.807, 2.05) is 30.3 Å². The summed E-state index contributed by atoms with van der Waals surface area (Å²) in [6.45, 7) is 3.21. The Morgan fingerprint density at radius 2 is 1.89 bits per heavy atom. The number of likely N-dealkylation sites (tertiary alicyclic amines) is 1. The number of hydrogen-bond acceptors (Lipinski definition) is 5. The number of aromatic nitrogens is 2. The number of methoxy groups -OCH3 is 1. The van der Waals surface area contributed by atoms with Crippen molar-refractivity contribution in [3.8, 4) is 17.0 Å². The van der Waals surface area contributed by atoms with E-state index in [1.165, 1.54) is 6.33 Å². The van der Waals surface area contributed by atoms with Crippen molar-refractivity contribution in [3.05, 3.63) is 42.4 Å². The molecule has 1 aliphatic rings. The molecule has 142 valence electrons. The number of rotatable bonds is 5. The summed E-state index contributed by atoms with van der Waals surface area (Å²) in [5, 5.41) is 2.96. The van der Waals surface area contributed by atoms with Gasteiger partial charge >= 0.3 is 0 Å². The molecule has 1 aliphatic heterocycles. The van der Waals surface area contributed by atoms with Crippen molar-refractivity contribution in [2.24, 2.45) is 5.92 Å². The van der Waals surface area contributed by atoms with Crippen molar-refractivity contribution in [2.75, 3.05) is 20.2 Å². The largest absolute Gasteiger partial charge is 0.497 e. The van der Waals surface area contributed by atoms with Crippen LogP contribution in [-0.4, -0.2) is 46.9 Å². The molecule has 1 N–H and O–H groups in total. The van der Waals surface area contributed by atoms with Crippen molar-refractivity contribution >= 4 is 11.8 Å². The SMILES string of the molecule is COc1ccc(-c2cc(CNC(=O)C3CCN(C(C)=O)CC3)ncn2)cc1. The summed E-state index contributed by atoms with van der Waals surface area (Å²) in [6, 6.07) is 9.51. The standard InChI is InChI=1S/C20H24N4O3/c1-14(25)24-9-7-16(8-10-24)20(26)21-12-17-11-19(23-13-22-17)15-3-5-18(27-2)6-4-15/h3-6,11,13,16H,7-10,12H2,1-2H3,(H,21,26). The summed E-state index contributed by atoms with van der Waals surface area (Å²) in [5.74, 6) is 0.823. The molecule has 2 aromatic rings. The molecule has 7 nitrogen and oxygen atoms in total. The Morgan fingerprint density at radius 1 is 1.19 bits per heavy atom. The third-order valence-corrected chi connectivity index (χ3v) is 4.86. The average Bonchev–Trinajstić information content (AvgIpc) is 2.72. The summed E-state index contributed by atoms with van der Waals surface area (Å²) < 4.78 is 5.17. The van der Waals surface area contributed by atoms with Crippen LogP contribution in [0, 0.1) is 5.92 Å². The molecule has 1 aromatic carbocycles. The Morgan fingerprint density at radius 3 is 2.52 bits per heavy atom. The van der Waals surface area contributed by atoms with Gasteiger partial charge < -0.3 is 15.0 Å². The van der Waals surface area contributed by atoms with E-state index in [1.54, 1.807) is 18.9 Å². The molecule has 0 aliphatic carbocycles. The van der Waals surface area contributed by atoms with Crippen LogP contribution in [0.1, 0.15) is 25.5 Å². The summed E-state index contributed by atoms with van der Waals surface area (Å²) in [5.41, 5.74) is 2.51. The fourth-order valence-electron chi connectivity index (χ4n) is 3.19. The van der Waals surface area contributed by atoms with E-state index < -0.39 is 0 Å². The lowest BCUT2D eigenvalue weighted by Gasteiger charge is -2.30. The lowest BCUT2D eigenvalue weighted by molar-refractivity contribution is -0.134. The molecular formula is C20H24N4O3. The number of nitrogens with one attached hydrogen (secondary N) is 1. The second-order valence-corrected chi connectivity index (χ2v) is 6.62. The Hall–Kier alpha value is -2.96. The molecule has 1 fully saturated rings. The first-order chi connectivity index (χ1) is 13.1. The predicted molar refractivity (Wildman–Crippen MR) is 101 cm³/mol. The van der Waals surface area contributed by atoms with Crippen molar-refractivity contribution in [2.45, 2.75) is 26.3 Å². The molecule has 2 heterocycles. The van der Waals surface area contributed by atoms with E-state index in [9.17, 15) is 9.59 Å². The first-order valence-corrected chi connectivity index (χ1v) is 9.05. The van der Waals surface area contributed by atoms with E-state index in [-0.39, 0.29) is 17.7 Å². The fraction of sp³-hybridized carbons (Fsp3) is 0.400. The lowest BCUT2D eigenvalue weighted by atomic mass is 9.96. The van der Waals surface area contributed by atoms with Gasteiger partial charge in [0.05, 0.1) is 25.0 Å². The highest BCUT2D eigenvalue weighted by Gasteiger charge is 2.25. The van der Waals surface area contributed by atoms with Crippen LogP contribution in [0.25, 0.3) is 11.3 Å². The molecule has 0 bridgehead atoms. The third-order valence-electron chi connectivity index (χ3n) is 4.86. The van der Waals surface area contributed by atoms with Crippen LogP contribution in [-0.2, 0) is 16.1 Å². The van der Waals surface area contributed by atoms with Gasteiger partial charge in [0.15, 0.2) is 0 Å². The molecule has 3 rings (SSSR count). The number of carbonyl (C=O) groups is 2. The first kappa shape index (κ1) is 18.8. The maximum atomic E-state index is 12.4. The fourth-order valence-corrected chi connectivity index (χ4v) is 3.19. The Balaban J connectivity index is 1.56. The Labute approximate surface area is 158 Å². The van der Waals surface area contributed by atoms with E-state index in [4.69, 9.17) is 4.74 Å². The topological polar surface area (TPSA) is 84.4 Å². The third kappa shape index (κ3) is 4.81. The number of amides is 2. The maximum Gasteiger partial charge on any atom is 0.223 e. The molecule has 0 unspecified atom stereocenters. The van der Waals surface area contributed by atoms with Crippen LogP contribution in [0.5, 0.6) is 5.75 Å². The van der Waals surface area contributed by atoms with Crippen LogP contribution >= 0.6 is 0 Å². The zero-order chi connectivity index (χ0) is 19.2. The number of ether oxygens (including phenoxy) is 1. The van der Waals surface area contributed by atoms with Gasteiger partial charge in [-0.2, -0.15) is 0 Å². The van der Waals surface area contributed by atoms with Gasteiger partial charge in [-0.25, -0.2) is 9.97 Å². The number of hydrogen-bond donors (Lipinski definition) is 1. The summed E-state index contributed by atoms with van der Waals surface area (Å²) in [6.07, 6.45) is 2.91. The second-order valence-electron chi connectivity index (χ2n) is 6.62. The highest BCUT2D eigenvalue weighted by Crippen LogP contribution is 2.21. The number of nitrogens with zero attached hydrogens (tertiary/aromatic N) is 3. The Bertz CT molecular complexity index is 799. The van der Waals surface area contributed by atoms with Gasteiger partial charge in [0.2, 0.25) is 11.8 Å². The van der Waals surface area contributed by atoms with E-state index in [0.29, 0.717) is 32.5 Å². The van der Waals surface area contributed by atoms with Crippen molar-refractivity contribution in [3.63, 3.8) is 0 Å². The van der Waals surface area contributed by atoms with E-state index in [0.717, 1.165) is 22.7 Å². The second kappa shape index (κ2) is 8.62. The number of carbonyl (C=O) groups excluding carboxylic acids is 2. The molecule has 0 atom stereocenters. The van der Waals surface area contributed by atoms with Crippen LogP contribution in [0.4, 0.5) is 0 Å². The minimum absolute atomic E-state index is 0.0165. The lowest BCUT2D eigenvalue weighted by Crippen LogP contribution is -2.42. The molecular weight excluding hydrogens is 344 g/mol. The van der Waals surface area contributed by atoms with Crippen LogP contribution in [0.15, 0.2) is 36.7 Å². The summed E-state index contributed by atoms with van der Waals surface area (Å²) >= 11 is 0. The maximum absolute atomic E-state index is 12.4. The van der Waals surface area contributed by atoms with E-state index >= 15 is 0 Å². The smallest absolute Gasteiger partial charge is 0.223 e. The zero-order valence-corrected chi connectivity index (χ0v) is 15.6. The predicted octanol–water partition coefficient (Wildman–Crippen LogP) is 2.03. The zero-order valence-electron chi connectivity index (χ0n) is 15.6. The van der Waals surface area contributed by atoms with Crippen molar-refractivity contribution in [1.82, 2.24) is 20.2 Å². The number of benzene rings is 1. The molecule has 2 amide bonds. The van der Waals surface area contributed by atoms with Gasteiger partial charge in [0.25, 0.3) is 0 Å². The van der Waals surface area contributed by atoms with Crippen molar-refractivity contribution in [1.29, 1.82) is 0 Å². The molecule has 1 saturated heterocycles. The molecule has 0 saturated carbocycles.